The quantitative estimate of drug-likeness (QED) is 0.390. The van der Waals surface area contributed by atoms with Crippen molar-refractivity contribution in [2.45, 2.75) is 90.8 Å². The van der Waals surface area contributed by atoms with Gasteiger partial charge in [-0.2, -0.15) is 0 Å². The average molecular weight is 330 g/mol. The van der Waals surface area contributed by atoms with Crippen molar-refractivity contribution < 1.29 is 24.2 Å². The molecule has 0 aromatic carbocycles. The maximum Gasteiger partial charge on any atom is 0.306 e. The summed E-state index contributed by atoms with van der Waals surface area (Å²) in [6.07, 6.45) is 4.77. The van der Waals surface area contributed by atoms with Gasteiger partial charge in [0.2, 0.25) is 0 Å². The van der Waals surface area contributed by atoms with E-state index in [-0.39, 0.29) is 24.6 Å². The monoisotopic (exact) mass is 330 g/mol. The molecule has 0 radical (unpaired) electrons. The third-order valence-corrected chi connectivity index (χ3v) is 4.31. The molecular formula is C18H34O5. The molecule has 0 heterocycles. The number of unbranched alkanes of at least 4 members (excludes halogenated alkanes) is 1. The molecule has 0 amide bonds. The lowest BCUT2D eigenvalue weighted by atomic mass is 9.90. The highest BCUT2D eigenvalue weighted by atomic mass is 16.5. The summed E-state index contributed by atoms with van der Waals surface area (Å²) in [6.45, 7) is 8.78. The van der Waals surface area contributed by atoms with Gasteiger partial charge >= 0.3 is 5.97 Å². The van der Waals surface area contributed by atoms with Crippen LogP contribution in [0.3, 0.4) is 0 Å². The van der Waals surface area contributed by atoms with Crippen LogP contribution in [0.2, 0.25) is 0 Å². The van der Waals surface area contributed by atoms with Crippen LogP contribution in [0.25, 0.3) is 0 Å². The van der Waals surface area contributed by atoms with Crippen molar-refractivity contribution in [2.75, 3.05) is 13.2 Å². The Labute approximate surface area is 140 Å². The predicted molar refractivity (Wildman–Crippen MR) is 90.3 cm³/mol. The van der Waals surface area contributed by atoms with Crippen LogP contribution in [0.4, 0.5) is 0 Å². The van der Waals surface area contributed by atoms with Crippen molar-refractivity contribution in [3.63, 3.8) is 0 Å². The van der Waals surface area contributed by atoms with Gasteiger partial charge in [0.1, 0.15) is 5.60 Å². The van der Waals surface area contributed by atoms with Gasteiger partial charge in [-0.15, -0.1) is 0 Å². The minimum absolute atomic E-state index is 0.0331. The van der Waals surface area contributed by atoms with Crippen molar-refractivity contribution in [2.24, 2.45) is 0 Å². The molecule has 136 valence electrons. The summed E-state index contributed by atoms with van der Waals surface area (Å²) in [6, 6.07) is 0. The molecule has 0 aliphatic rings. The summed E-state index contributed by atoms with van der Waals surface area (Å²) in [7, 11) is 0. The molecule has 0 aromatic rings. The highest BCUT2D eigenvalue weighted by Gasteiger charge is 2.31. The highest BCUT2D eigenvalue weighted by molar-refractivity contribution is 5.89. The van der Waals surface area contributed by atoms with Gasteiger partial charge in [0.05, 0.1) is 19.1 Å². The van der Waals surface area contributed by atoms with Crippen LogP contribution in [-0.4, -0.2) is 41.8 Å². The molecule has 0 aromatic heterocycles. The Morgan fingerprint density at radius 3 is 2.04 bits per heavy atom. The van der Waals surface area contributed by atoms with Crippen LogP contribution < -0.4 is 0 Å². The van der Waals surface area contributed by atoms with E-state index in [1.807, 2.05) is 0 Å². The number of ether oxygens (including phenoxy) is 2. The van der Waals surface area contributed by atoms with E-state index in [1.165, 1.54) is 0 Å². The van der Waals surface area contributed by atoms with E-state index in [9.17, 15) is 14.7 Å². The number of carbonyl (C=O) groups excluding carboxylic acids is 2. The maximum atomic E-state index is 11.9. The predicted octanol–water partition coefficient (Wildman–Crippen LogP) is 3.42. The van der Waals surface area contributed by atoms with Crippen molar-refractivity contribution in [1.29, 1.82) is 0 Å². The molecular weight excluding hydrogens is 296 g/mol. The zero-order valence-electron chi connectivity index (χ0n) is 15.2. The fourth-order valence-electron chi connectivity index (χ4n) is 2.33. The molecule has 0 spiro atoms. The fraction of sp³-hybridized carbons (Fsp3) is 0.889. The van der Waals surface area contributed by atoms with Gasteiger partial charge in [-0.1, -0.05) is 27.7 Å². The number of hydrogen-bond acceptors (Lipinski definition) is 5. The third-order valence-electron chi connectivity index (χ3n) is 4.31. The van der Waals surface area contributed by atoms with Crippen molar-refractivity contribution in [3.05, 3.63) is 0 Å². The van der Waals surface area contributed by atoms with E-state index in [0.29, 0.717) is 32.2 Å². The SMILES string of the molecule is CCC(CC)OCCCCOC(=O)CCC(=O)C(O)(CC)CC. The molecule has 0 rings (SSSR count). The van der Waals surface area contributed by atoms with E-state index in [1.54, 1.807) is 13.8 Å². The first-order valence-electron chi connectivity index (χ1n) is 8.96. The summed E-state index contributed by atoms with van der Waals surface area (Å²) in [5.74, 6) is -0.660. The average Bonchev–Trinajstić information content (AvgIpc) is 2.58. The Morgan fingerprint density at radius 1 is 0.957 bits per heavy atom. The molecule has 0 unspecified atom stereocenters. The van der Waals surface area contributed by atoms with Crippen molar-refractivity contribution in [1.82, 2.24) is 0 Å². The zero-order valence-corrected chi connectivity index (χ0v) is 15.2. The molecule has 5 nitrogen and oxygen atoms in total. The molecule has 0 fully saturated rings. The number of rotatable bonds is 14. The Morgan fingerprint density at radius 2 is 1.52 bits per heavy atom. The number of carbonyl (C=O) groups is 2. The minimum Gasteiger partial charge on any atom is -0.466 e. The third kappa shape index (κ3) is 9.06. The lowest BCUT2D eigenvalue weighted by Gasteiger charge is -2.23. The number of ketones is 1. The van der Waals surface area contributed by atoms with Crippen LogP contribution in [0.15, 0.2) is 0 Å². The molecule has 0 saturated carbocycles. The fourth-order valence-corrected chi connectivity index (χ4v) is 2.33. The molecule has 0 saturated heterocycles. The van der Waals surface area contributed by atoms with E-state index in [4.69, 9.17) is 9.47 Å². The highest BCUT2D eigenvalue weighted by Crippen LogP contribution is 2.18. The van der Waals surface area contributed by atoms with Crippen LogP contribution >= 0.6 is 0 Å². The molecule has 0 aliphatic heterocycles. The summed E-state index contributed by atoms with van der Waals surface area (Å²) in [5.41, 5.74) is -1.30. The van der Waals surface area contributed by atoms with Gasteiger partial charge in [-0.3, -0.25) is 9.59 Å². The Kier molecular flexibility index (Phi) is 12.0. The number of hydrogen-bond donors (Lipinski definition) is 1. The van der Waals surface area contributed by atoms with Gasteiger partial charge < -0.3 is 14.6 Å². The number of Topliss-reactive ketones (excluding diaryl/α,β-unsaturated/α-hetero) is 1. The molecule has 1 N–H and O–H groups in total. The lowest BCUT2D eigenvalue weighted by Crippen LogP contribution is -2.37. The van der Waals surface area contributed by atoms with Gasteiger partial charge in [-0.25, -0.2) is 0 Å². The van der Waals surface area contributed by atoms with Crippen LogP contribution in [0.1, 0.15) is 79.1 Å². The van der Waals surface area contributed by atoms with Crippen molar-refractivity contribution >= 4 is 11.8 Å². The van der Waals surface area contributed by atoms with Gasteiger partial charge in [0, 0.05) is 13.0 Å². The van der Waals surface area contributed by atoms with Gasteiger partial charge in [-0.05, 0) is 38.5 Å². The summed E-state index contributed by atoms with van der Waals surface area (Å²) in [4.78, 5) is 23.5. The molecule has 0 bridgehead atoms. The normalized spacial score (nSPS) is 11.7. The smallest absolute Gasteiger partial charge is 0.306 e. The van der Waals surface area contributed by atoms with E-state index in [0.717, 1.165) is 25.7 Å². The molecule has 0 aliphatic carbocycles. The van der Waals surface area contributed by atoms with Crippen molar-refractivity contribution in [3.8, 4) is 0 Å². The summed E-state index contributed by atoms with van der Waals surface area (Å²) >= 11 is 0. The first-order chi connectivity index (χ1) is 10.9. The maximum absolute atomic E-state index is 11.9. The number of esters is 1. The van der Waals surface area contributed by atoms with Gasteiger partial charge in [0.25, 0.3) is 0 Å². The van der Waals surface area contributed by atoms with Crippen LogP contribution in [-0.2, 0) is 19.1 Å². The molecule has 5 heteroatoms. The second-order valence-corrected chi connectivity index (χ2v) is 5.90. The van der Waals surface area contributed by atoms with E-state index >= 15 is 0 Å². The van der Waals surface area contributed by atoms with E-state index in [2.05, 4.69) is 13.8 Å². The molecule has 23 heavy (non-hydrogen) atoms. The van der Waals surface area contributed by atoms with Crippen LogP contribution in [0.5, 0.6) is 0 Å². The largest absolute Gasteiger partial charge is 0.466 e. The van der Waals surface area contributed by atoms with Gasteiger partial charge in [0.15, 0.2) is 5.78 Å². The van der Waals surface area contributed by atoms with E-state index < -0.39 is 5.60 Å². The minimum atomic E-state index is -1.30. The Bertz CT molecular complexity index is 332. The second kappa shape index (κ2) is 12.5. The van der Waals surface area contributed by atoms with Crippen LogP contribution in [0, 0.1) is 0 Å². The summed E-state index contributed by atoms with van der Waals surface area (Å²) < 4.78 is 10.8. The first kappa shape index (κ1) is 22.1. The standard InChI is InChI=1S/C18H34O5/c1-5-15(6-2)22-13-9-10-14-23-17(20)12-11-16(19)18(21,7-3)8-4/h15,21H,5-14H2,1-4H3. The first-order valence-corrected chi connectivity index (χ1v) is 8.96. The zero-order chi connectivity index (χ0) is 17.7. The second-order valence-electron chi connectivity index (χ2n) is 5.90. The lowest BCUT2D eigenvalue weighted by molar-refractivity contribution is -0.147. The molecule has 0 atom stereocenters. The Balaban J connectivity index is 3.74. The summed E-state index contributed by atoms with van der Waals surface area (Å²) in [5, 5.41) is 10.1. The number of aliphatic hydroxyl groups is 1. The Hall–Kier alpha value is -0.940. The topological polar surface area (TPSA) is 72.8 Å².